The van der Waals surface area contributed by atoms with Crippen LogP contribution in [0.5, 0.6) is 17.2 Å². The van der Waals surface area contributed by atoms with E-state index in [1.54, 1.807) is 17.0 Å². The molecule has 1 aromatic heterocycles. The number of aromatic nitrogens is 1. The average molecular weight is 412 g/mol. The molecule has 1 saturated heterocycles. The zero-order valence-electron chi connectivity index (χ0n) is 17.3. The van der Waals surface area contributed by atoms with Crippen LogP contribution < -0.4 is 19.1 Å². The molecule has 30 heavy (non-hydrogen) atoms. The summed E-state index contributed by atoms with van der Waals surface area (Å²) in [6.45, 7) is 2.12. The molecule has 0 unspecified atom stereocenters. The molecule has 0 spiro atoms. The number of hydrogen-bond acceptors (Lipinski definition) is 8. The van der Waals surface area contributed by atoms with E-state index < -0.39 is 0 Å². The Balaban J connectivity index is 1.48. The summed E-state index contributed by atoms with van der Waals surface area (Å²) in [6.07, 6.45) is 2.11. The molecular weight excluding hydrogens is 388 g/mol. The van der Waals surface area contributed by atoms with Gasteiger partial charge in [-0.15, -0.1) is 0 Å². The number of oxazole rings is 1. The van der Waals surface area contributed by atoms with E-state index >= 15 is 0 Å². The van der Waals surface area contributed by atoms with Crippen molar-refractivity contribution in [2.75, 3.05) is 52.4 Å². The molecule has 0 N–H and O–H groups in total. The third-order valence-corrected chi connectivity index (χ3v) is 5.42. The Morgan fingerprint density at radius 1 is 1.10 bits per heavy atom. The zero-order chi connectivity index (χ0) is 21.3. The summed E-state index contributed by atoms with van der Waals surface area (Å²) in [4.78, 5) is 21.2. The standard InChI is InChI=1S/C21H24N4O5/c1-27-16-10-14(11-17(28-2)18(16)29-3)20(26)24-6-8-25(9-7-24)21-15(12-22)23-19(30-21)13-4-5-13/h10-11,13H,4-9H2,1-3H3. The molecule has 9 nitrogen and oxygen atoms in total. The first-order valence-electron chi connectivity index (χ1n) is 9.84. The Labute approximate surface area is 174 Å². The molecule has 1 amide bonds. The maximum absolute atomic E-state index is 13.1. The quantitative estimate of drug-likeness (QED) is 0.713. The minimum absolute atomic E-state index is 0.120. The van der Waals surface area contributed by atoms with Crippen molar-refractivity contribution in [2.24, 2.45) is 0 Å². The molecule has 1 saturated carbocycles. The van der Waals surface area contributed by atoms with Crippen LogP contribution in [0.15, 0.2) is 16.5 Å². The highest BCUT2D eigenvalue weighted by atomic mass is 16.5. The van der Waals surface area contributed by atoms with Crippen LogP contribution >= 0.6 is 0 Å². The number of methoxy groups -OCH3 is 3. The van der Waals surface area contributed by atoms with E-state index in [2.05, 4.69) is 11.1 Å². The molecule has 4 rings (SSSR count). The van der Waals surface area contributed by atoms with Crippen molar-refractivity contribution >= 4 is 11.8 Å². The van der Waals surface area contributed by atoms with Crippen LogP contribution in [0.2, 0.25) is 0 Å². The van der Waals surface area contributed by atoms with Crippen LogP contribution in [0, 0.1) is 11.3 Å². The number of rotatable bonds is 6. The lowest BCUT2D eigenvalue weighted by atomic mass is 10.1. The fraction of sp³-hybridized carbons (Fsp3) is 0.476. The van der Waals surface area contributed by atoms with Gasteiger partial charge in [0.25, 0.3) is 5.91 Å². The summed E-state index contributed by atoms with van der Waals surface area (Å²) in [5.41, 5.74) is 0.785. The van der Waals surface area contributed by atoms with E-state index in [9.17, 15) is 10.1 Å². The van der Waals surface area contributed by atoms with Crippen LogP contribution in [0.1, 0.15) is 40.7 Å². The average Bonchev–Trinajstić information content (AvgIpc) is 3.56. The van der Waals surface area contributed by atoms with Gasteiger partial charge in [0, 0.05) is 37.7 Å². The van der Waals surface area contributed by atoms with Crippen LogP contribution in [0.3, 0.4) is 0 Å². The van der Waals surface area contributed by atoms with Gasteiger partial charge in [0.2, 0.25) is 23.2 Å². The first kappa shape index (κ1) is 19.9. The number of benzene rings is 1. The molecule has 1 aromatic carbocycles. The zero-order valence-corrected chi connectivity index (χ0v) is 17.3. The molecule has 2 heterocycles. The summed E-state index contributed by atoms with van der Waals surface area (Å²) in [6, 6.07) is 5.44. The maximum atomic E-state index is 13.1. The monoisotopic (exact) mass is 412 g/mol. The van der Waals surface area contributed by atoms with Crippen LogP contribution in [0.25, 0.3) is 0 Å². The van der Waals surface area contributed by atoms with Gasteiger partial charge in [-0.05, 0) is 25.0 Å². The minimum Gasteiger partial charge on any atom is -0.493 e. The maximum Gasteiger partial charge on any atom is 0.254 e. The van der Waals surface area contributed by atoms with Gasteiger partial charge in [-0.3, -0.25) is 4.79 Å². The Bertz CT molecular complexity index is 959. The topological polar surface area (TPSA) is 101 Å². The van der Waals surface area contributed by atoms with Gasteiger partial charge >= 0.3 is 0 Å². The highest BCUT2D eigenvalue weighted by Crippen LogP contribution is 2.42. The normalized spacial score (nSPS) is 16.2. The molecular formula is C21H24N4O5. The fourth-order valence-electron chi connectivity index (χ4n) is 3.62. The first-order chi connectivity index (χ1) is 14.6. The van der Waals surface area contributed by atoms with Crippen molar-refractivity contribution in [1.29, 1.82) is 5.26 Å². The third kappa shape index (κ3) is 3.61. The highest BCUT2D eigenvalue weighted by Gasteiger charge is 2.33. The molecule has 9 heteroatoms. The van der Waals surface area contributed by atoms with Crippen LogP contribution in [-0.2, 0) is 0 Å². The lowest BCUT2D eigenvalue weighted by molar-refractivity contribution is 0.0744. The van der Waals surface area contributed by atoms with Gasteiger partial charge in [-0.25, -0.2) is 4.98 Å². The van der Waals surface area contributed by atoms with Crippen molar-refractivity contribution in [3.05, 3.63) is 29.3 Å². The Hall–Kier alpha value is -3.41. The van der Waals surface area contributed by atoms with Gasteiger partial charge in [-0.1, -0.05) is 0 Å². The van der Waals surface area contributed by atoms with E-state index in [-0.39, 0.29) is 5.91 Å². The Morgan fingerprint density at radius 2 is 1.73 bits per heavy atom. The van der Waals surface area contributed by atoms with Crippen molar-refractivity contribution in [3.63, 3.8) is 0 Å². The van der Waals surface area contributed by atoms with Gasteiger partial charge in [0.05, 0.1) is 21.3 Å². The van der Waals surface area contributed by atoms with E-state index in [4.69, 9.17) is 18.6 Å². The molecule has 0 bridgehead atoms. The van der Waals surface area contributed by atoms with Gasteiger partial charge < -0.3 is 28.4 Å². The molecule has 2 aromatic rings. The summed E-state index contributed by atoms with van der Waals surface area (Å²) in [7, 11) is 4.56. The molecule has 1 aliphatic carbocycles. The second-order valence-corrected chi connectivity index (χ2v) is 7.29. The summed E-state index contributed by atoms with van der Waals surface area (Å²) < 4.78 is 21.9. The van der Waals surface area contributed by atoms with E-state index in [0.29, 0.717) is 72.4 Å². The predicted molar refractivity (Wildman–Crippen MR) is 107 cm³/mol. The lowest BCUT2D eigenvalue weighted by Crippen LogP contribution is -2.48. The van der Waals surface area contributed by atoms with Crippen molar-refractivity contribution in [3.8, 4) is 23.3 Å². The number of carbonyl (C=O) groups excluding carboxylic acids is 1. The molecule has 1 aliphatic heterocycles. The number of anilines is 1. The summed E-state index contributed by atoms with van der Waals surface area (Å²) in [5.74, 6) is 2.71. The largest absolute Gasteiger partial charge is 0.493 e. The third-order valence-electron chi connectivity index (χ3n) is 5.42. The molecule has 158 valence electrons. The molecule has 0 radical (unpaired) electrons. The van der Waals surface area contributed by atoms with Gasteiger partial charge in [0.1, 0.15) is 6.07 Å². The van der Waals surface area contributed by atoms with Crippen molar-refractivity contribution in [1.82, 2.24) is 9.88 Å². The Kier molecular flexibility index (Phi) is 5.40. The van der Waals surface area contributed by atoms with Gasteiger partial charge in [0.15, 0.2) is 11.5 Å². The van der Waals surface area contributed by atoms with E-state index in [1.165, 1.54) is 21.3 Å². The van der Waals surface area contributed by atoms with E-state index in [0.717, 1.165) is 12.8 Å². The predicted octanol–water partition coefficient (Wildman–Crippen LogP) is 2.41. The number of carbonyl (C=O) groups is 1. The number of nitriles is 1. The Morgan fingerprint density at radius 3 is 2.23 bits per heavy atom. The lowest BCUT2D eigenvalue weighted by Gasteiger charge is -2.34. The fourth-order valence-corrected chi connectivity index (χ4v) is 3.62. The summed E-state index contributed by atoms with van der Waals surface area (Å²) >= 11 is 0. The number of hydrogen-bond donors (Lipinski definition) is 0. The van der Waals surface area contributed by atoms with Crippen molar-refractivity contribution in [2.45, 2.75) is 18.8 Å². The minimum atomic E-state index is -0.120. The van der Waals surface area contributed by atoms with Crippen LogP contribution in [0.4, 0.5) is 5.88 Å². The molecule has 2 fully saturated rings. The smallest absolute Gasteiger partial charge is 0.254 e. The van der Waals surface area contributed by atoms with Crippen molar-refractivity contribution < 1.29 is 23.4 Å². The molecule has 2 aliphatic rings. The second-order valence-electron chi connectivity index (χ2n) is 7.29. The van der Waals surface area contributed by atoms with E-state index in [1.807, 2.05) is 4.90 Å². The number of piperazine rings is 1. The van der Waals surface area contributed by atoms with Gasteiger partial charge in [-0.2, -0.15) is 5.26 Å². The highest BCUT2D eigenvalue weighted by molar-refractivity contribution is 5.95. The molecule has 0 atom stereocenters. The number of ether oxygens (including phenoxy) is 3. The second kappa shape index (κ2) is 8.14. The SMILES string of the molecule is COc1cc(C(=O)N2CCN(c3oc(C4CC4)nc3C#N)CC2)cc(OC)c1OC. The number of amides is 1. The number of nitrogens with zero attached hydrogens (tertiary/aromatic N) is 4. The van der Waals surface area contributed by atoms with Crippen LogP contribution in [-0.4, -0.2) is 63.3 Å². The first-order valence-corrected chi connectivity index (χ1v) is 9.84. The summed E-state index contributed by atoms with van der Waals surface area (Å²) in [5, 5.41) is 9.40.